The summed E-state index contributed by atoms with van der Waals surface area (Å²) in [5, 5.41) is 17.5. The van der Waals surface area contributed by atoms with Crippen LogP contribution in [0.1, 0.15) is 28.4 Å². The number of halogens is 1. The number of carboxylic acids is 1. The third kappa shape index (κ3) is 3.40. The monoisotopic (exact) mass is 295 g/mol. The van der Waals surface area contributed by atoms with Gasteiger partial charge in [0.1, 0.15) is 0 Å². The fraction of sp³-hybridized carbons (Fsp3) is 0.250. The summed E-state index contributed by atoms with van der Waals surface area (Å²) >= 11 is 3.14. The smallest absolute Gasteiger partial charge is 0.307 e. The molecule has 0 saturated carbocycles. The molecule has 0 aliphatic carbocycles. The molecule has 0 aromatic heterocycles. The molecule has 0 spiro atoms. The molecule has 0 bridgehead atoms. The van der Waals surface area contributed by atoms with Crippen molar-refractivity contribution >= 4 is 27.7 Å². The van der Waals surface area contributed by atoms with Crippen LogP contribution in [0.5, 0.6) is 0 Å². The van der Waals surface area contributed by atoms with Crippen molar-refractivity contribution in [3.8, 4) is 6.07 Å². The number of carbonyl (C=O) groups is 2. The van der Waals surface area contributed by atoms with Gasteiger partial charge < -0.3 is 5.11 Å². The maximum Gasteiger partial charge on any atom is 0.307 e. The number of benzene rings is 1. The first kappa shape index (κ1) is 13.4. The van der Waals surface area contributed by atoms with E-state index in [1.54, 1.807) is 6.92 Å². The highest BCUT2D eigenvalue weighted by Crippen LogP contribution is 2.17. The molecule has 0 radical (unpaired) electrons. The number of alkyl halides is 1. The minimum absolute atomic E-state index is 0.224. The molecular weight excluding hydrogens is 286 g/mol. The SMILES string of the molecule is CC(Br)C(=O)c1cc(C#N)ccc1CC(=O)O. The molecule has 0 heterocycles. The molecule has 1 aromatic rings. The van der Waals surface area contributed by atoms with Crippen LogP contribution in [0.25, 0.3) is 0 Å². The van der Waals surface area contributed by atoms with Crippen molar-refractivity contribution in [3.63, 3.8) is 0 Å². The van der Waals surface area contributed by atoms with E-state index in [2.05, 4.69) is 15.9 Å². The molecule has 17 heavy (non-hydrogen) atoms. The first-order valence-electron chi connectivity index (χ1n) is 4.88. The predicted molar refractivity (Wildman–Crippen MR) is 65.2 cm³/mol. The molecule has 4 nitrogen and oxygen atoms in total. The van der Waals surface area contributed by atoms with E-state index in [0.717, 1.165) is 0 Å². The van der Waals surface area contributed by atoms with Crippen LogP contribution in [0.15, 0.2) is 18.2 Å². The van der Waals surface area contributed by atoms with E-state index >= 15 is 0 Å². The molecule has 1 unspecified atom stereocenters. The molecule has 1 N–H and O–H groups in total. The highest BCUT2D eigenvalue weighted by molar-refractivity contribution is 9.10. The summed E-state index contributed by atoms with van der Waals surface area (Å²) < 4.78 is 0. The lowest BCUT2D eigenvalue weighted by molar-refractivity contribution is -0.136. The number of Topliss-reactive ketones (excluding diaryl/α,β-unsaturated/α-hetero) is 1. The number of aliphatic carboxylic acids is 1. The molecule has 0 aliphatic heterocycles. The summed E-state index contributed by atoms with van der Waals surface area (Å²) in [5.74, 6) is -1.23. The van der Waals surface area contributed by atoms with Gasteiger partial charge in [0.05, 0.1) is 22.9 Å². The fourth-order valence-corrected chi connectivity index (χ4v) is 1.65. The van der Waals surface area contributed by atoms with Crippen LogP contribution in [-0.4, -0.2) is 21.7 Å². The number of rotatable bonds is 4. The van der Waals surface area contributed by atoms with Gasteiger partial charge in [-0.2, -0.15) is 5.26 Å². The molecule has 1 aromatic carbocycles. The average Bonchev–Trinajstić information content (AvgIpc) is 2.27. The molecule has 0 aliphatic rings. The Bertz CT molecular complexity index is 503. The van der Waals surface area contributed by atoms with Crippen LogP contribution < -0.4 is 0 Å². The van der Waals surface area contributed by atoms with Crippen LogP contribution in [0.2, 0.25) is 0 Å². The van der Waals surface area contributed by atoms with Gasteiger partial charge in [-0.3, -0.25) is 9.59 Å². The largest absolute Gasteiger partial charge is 0.481 e. The Labute approximate surface area is 107 Å². The summed E-state index contributed by atoms with van der Waals surface area (Å²) in [6, 6.07) is 6.37. The standard InChI is InChI=1S/C12H10BrNO3/c1-7(13)12(17)10-4-8(6-14)2-3-9(10)5-11(15)16/h2-4,7H,5H2,1H3,(H,15,16). The van der Waals surface area contributed by atoms with Gasteiger partial charge in [-0.15, -0.1) is 0 Å². The number of carbonyl (C=O) groups excluding carboxylic acids is 1. The van der Waals surface area contributed by atoms with Gasteiger partial charge >= 0.3 is 5.97 Å². The Kier molecular flexibility index (Phi) is 4.41. The Balaban J connectivity index is 3.26. The second kappa shape index (κ2) is 5.60. The van der Waals surface area contributed by atoms with E-state index in [-0.39, 0.29) is 17.8 Å². The lowest BCUT2D eigenvalue weighted by atomic mass is 9.97. The first-order chi connectivity index (χ1) is 7.95. The minimum atomic E-state index is -1.01. The molecule has 0 saturated heterocycles. The maximum absolute atomic E-state index is 11.9. The predicted octanol–water partition coefficient (Wildman–Crippen LogP) is 2.15. The average molecular weight is 296 g/mol. The fourth-order valence-electron chi connectivity index (χ4n) is 1.41. The van der Waals surface area contributed by atoms with E-state index in [4.69, 9.17) is 10.4 Å². The van der Waals surface area contributed by atoms with Crippen LogP contribution >= 0.6 is 15.9 Å². The Morgan fingerprint density at radius 2 is 2.18 bits per heavy atom. The summed E-state index contributed by atoms with van der Waals surface area (Å²) in [6.07, 6.45) is -0.230. The van der Waals surface area contributed by atoms with Crippen molar-refractivity contribution in [1.29, 1.82) is 5.26 Å². The number of carboxylic acid groups (broad SMARTS) is 1. The Hall–Kier alpha value is -1.67. The molecule has 0 amide bonds. The van der Waals surface area contributed by atoms with Crippen LogP contribution in [0.3, 0.4) is 0 Å². The lowest BCUT2D eigenvalue weighted by Gasteiger charge is -2.08. The molecule has 1 rings (SSSR count). The van der Waals surface area contributed by atoms with Crippen molar-refractivity contribution in [2.45, 2.75) is 18.2 Å². The minimum Gasteiger partial charge on any atom is -0.481 e. The van der Waals surface area contributed by atoms with Gasteiger partial charge in [-0.1, -0.05) is 22.0 Å². The maximum atomic E-state index is 11.9. The summed E-state index contributed by atoms with van der Waals surface area (Å²) in [4.78, 5) is 22.1. The number of ketones is 1. The topological polar surface area (TPSA) is 78.2 Å². The molecule has 5 heteroatoms. The van der Waals surface area contributed by atoms with Gasteiger partial charge in [-0.25, -0.2) is 0 Å². The molecular formula is C12H10BrNO3. The third-order valence-corrected chi connectivity index (χ3v) is 2.62. The highest BCUT2D eigenvalue weighted by Gasteiger charge is 2.18. The second-order valence-electron chi connectivity index (χ2n) is 3.53. The molecule has 0 fully saturated rings. The number of nitriles is 1. The normalized spacial score (nSPS) is 11.6. The van der Waals surface area contributed by atoms with Crippen LogP contribution in [-0.2, 0) is 11.2 Å². The van der Waals surface area contributed by atoms with E-state index in [0.29, 0.717) is 11.1 Å². The zero-order valence-corrected chi connectivity index (χ0v) is 10.7. The third-order valence-electron chi connectivity index (χ3n) is 2.21. The summed E-state index contributed by atoms with van der Waals surface area (Å²) in [6.45, 7) is 1.66. The first-order valence-corrected chi connectivity index (χ1v) is 5.80. The van der Waals surface area contributed by atoms with Gasteiger partial charge in [0.25, 0.3) is 0 Å². The lowest BCUT2D eigenvalue weighted by Crippen LogP contribution is -2.15. The number of hydrogen-bond acceptors (Lipinski definition) is 3. The van der Waals surface area contributed by atoms with Crippen molar-refractivity contribution in [2.75, 3.05) is 0 Å². The summed E-state index contributed by atoms with van der Waals surface area (Å²) in [5.41, 5.74) is 1.05. The van der Waals surface area contributed by atoms with Gasteiger partial charge in [0.2, 0.25) is 0 Å². The number of nitrogens with zero attached hydrogens (tertiary/aromatic N) is 1. The van der Waals surface area contributed by atoms with Crippen molar-refractivity contribution in [2.24, 2.45) is 0 Å². The van der Waals surface area contributed by atoms with Crippen molar-refractivity contribution < 1.29 is 14.7 Å². The molecule has 1 atom stereocenters. The van der Waals surface area contributed by atoms with Crippen molar-refractivity contribution in [1.82, 2.24) is 0 Å². The van der Waals surface area contributed by atoms with Crippen molar-refractivity contribution in [3.05, 3.63) is 34.9 Å². The second-order valence-corrected chi connectivity index (χ2v) is 4.91. The Morgan fingerprint density at radius 3 is 2.65 bits per heavy atom. The number of hydrogen-bond donors (Lipinski definition) is 1. The van der Waals surface area contributed by atoms with Gasteiger partial charge in [0, 0.05) is 5.56 Å². The quantitative estimate of drug-likeness (QED) is 0.682. The van der Waals surface area contributed by atoms with E-state index in [9.17, 15) is 9.59 Å². The van der Waals surface area contributed by atoms with E-state index < -0.39 is 10.8 Å². The van der Waals surface area contributed by atoms with E-state index in [1.165, 1.54) is 18.2 Å². The van der Waals surface area contributed by atoms with Gasteiger partial charge in [-0.05, 0) is 24.6 Å². The van der Waals surface area contributed by atoms with Crippen LogP contribution in [0, 0.1) is 11.3 Å². The Morgan fingerprint density at radius 1 is 1.53 bits per heavy atom. The molecule has 88 valence electrons. The van der Waals surface area contributed by atoms with Gasteiger partial charge in [0.15, 0.2) is 5.78 Å². The zero-order chi connectivity index (χ0) is 13.0. The van der Waals surface area contributed by atoms with E-state index in [1.807, 2.05) is 6.07 Å². The summed E-state index contributed by atoms with van der Waals surface area (Å²) in [7, 11) is 0. The van der Waals surface area contributed by atoms with Crippen LogP contribution in [0.4, 0.5) is 0 Å². The highest BCUT2D eigenvalue weighted by atomic mass is 79.9. The zero-order valence-electron chi connectivity index (χ0n) is 9.11.